The van der Waals surface area contributed by atoms with E-state index in [4.69, 9.17) is 0 Å². The average Bonchev–Trinajstić information content (AvgIpc) is 2.50. The van der Waals surface area contributed by atoms with E-state index in [1.165, 1.54) is 12.0 Å². The van der Waals surface area contributed by atoms with Gasteiger partial charge in [0.25, 0.3) is 0 Å². The van der Waals surface area contributed by atoms with Gasteiger partial charge in [-0.25, -0.2) is 0 Å². The third-order valence-corrected chi connectivity index (χ3v) is 2.03. The lowest BCUT2D eigenvalue weighted by Gasteiger charge is -1.92. The minimum absolute atomic E-state index is 1.11. The van der Waals surface area contributed by atoms with Crippen LogP contribution < -0.4 is 0 Å². The Balaban J connectivity index is 2.55. The van der Waals surface area contributed by atoms with Gasteiger partial charge in [-0.1, -0.05) is 13.3 Å². The number of pyridine rings is 1. The molecular formula is C10H12N2. The van der Waals surface area contributed by atoms with Crippen molar-refractivity contribution in [3.8, 4) is 0 Å². The van der Waals surface area contributed by atoms with Crippen LogP contribution in [0.25, 0.3) is 11.0 Å². The van der Waals surface area contributed by atoms with E-state index < -0.39 is 0 Å². The molecule has 2 aromatic heterocycles. The van der Waals surface area contributed by atoms with Crippen LogP contribution in [-0.2, 0) is 6.42 Å². The maximum Gasteiger partial charge on any atom is 0.0910 e. The molecule has 0 atom stereocenters. The van der Waals surface area contributed by atoms with Crippen molar-refractivity contribution in [2.45, 2.75) is 19.8 Å². The van der Waals surface area contributed by atoms with Gasteiger partial charge in [0.1, 0.15) is 0 Å². The summed E-state index contributed by atoms with van der Waals surface area (Å²) in [4.78, 5) is 7.54. The van der Waals surface area contributed by atoms with E-state index >= 15 is 0 Å². The van der Waals surface area contributed by atoms with Crippen molar-refractivity contribution in [1.82, 2.24) is 9.97 Å². The van der Waals surface area contributed by atoms with Gasteiger partial charge in [-0.3, -0.25) is 4.98 Å². The van der Waals surface area contributed by atoms with Crippen molar-refractivity contribution in [3.63, 3.8) is 0 Å². The summed E-state index contributed by atoms with van der Waals surface area (Å²) >= 11 is 0. The van der Waals surface area contributed by atoms with E-state index in [0.29, 0.717) is 0 Å². The average molecular weight is 160 g/mol. The summed E-state index contributed by atoms with van der Waals surface area (Å²) in [5.74, 6) is 0. The molecule has 2 rings (SSSR count). The number of hydrogen-bond donors (Lipinski definition) is 1. The Morgan fingerprint density at radius 3 is 3.25 bits per heavy atom. The first-order valence-corrected chi connectivity index (χ1v) is 4.33. The molecule has 2 aromatic rings. The van der Waals surface area contributed by atoms with E-state index in [1.54, 1.807) is 0 Å². The summed E-state index contributed by atoms with van der Waals surface area (Å²) in [5.41, 5.74) is 3.59. The highest BCUT2D eigenvalue weighted by Crippen LogP contribution is 2.15. The zero-order valence-electron chi connectivity index (χ0n) is 7.17. The first-order chi connectivity index (χ1) is 5.92. The van der Waals surface area contributed by atoms with Crippen molar-refractivity contribution in [1.29, 1.82) is 0 Å². The fraction of sp³-hybridized carbons (Fsp3) is 0.300. The van der Waals surface area contributed by atoms with Gasteiger partial charge in [0.15, 0.2) is 0 Å². The molecule has 1 N–H and O–H groups in total. The summed E-state index contributed by atoms with van der Waals surface area (Å²) < 4.78 is 0. The molecule has 0 amide bonds. The minimum Gasteiger partial charge on any atom is -0.360 e. The van der Waals surface area contributed by atoms with E-state index in [9.17, 15) is 0 Å². The van der Waals surface area contributed by atoms with Gasteiger partial charge in [0, 0.05) is 12.4 Å². The quantitative estimate of drug-likeness (QED) is 0.718. The Hall–Kier alpha value is -1.31. The van der Waals surface area contributed by atoms with Gasteiger partial charge >= 0.3 is 0 Å². The van der Waals surface area contributed by atoms with Crippen LogP contribution in [0.1, 0.15) is 18.9 Å². The Bertz CT molecular complexity index is 376. The highest BCUT2D eigenvalue weighted by molar-refractivity contribution is 5.78. The van der Waals surface area contributed by atoms with E-state index in [1.807, 2.05) is 12.3 Å². The summed E-state index contributed by atoms with van der Waals surface area (Å²) in [7, 11) is 0. The number of rotatable bonds is 2. The third-order valence-electron chi connectivity index (χ3n) is 2.03. The number of nitrogens with one attached hydrogen (secondary N) is 1. The SMILES string of the molecule is CCCc1c[nH]c2cccnc12. The second kappa shape index (κ2) is 2.97. The number of H-pyrrole nitrogens is 1. The van der Waals surface area contributed by atoms with Crippen LogP contribution >= 0.6 is 0 Å². The van der Waals surface area contributed by atoms with Crippen LogP contribution in [0.4, 0.5) is 0 Å². The maximum atomic E-state index is 4.33. The Labute approximate surface area is 71.6 Å². The molecule has 0 aliphatic heterocycles. The molecule has 2 nitrogen and oxygen atoms in total. The lowest BCUT2D eigenvalue weighted by atomic mass is 10.2. The van der Waals surface area contributed by atoms with E-state index in [0.717, 1.165) is 17.5 Å². The fourth-order valence-corrected chi connectivity index (χ4v) is 1.47. The molecule has 0 bridgehead atoms. The molecule has 2 heteroatoms. The molecule has 2 heterocycles. The van der Waals surface area contributed by atoms with Crippen LogP contribution in [0.2, 0.25) is 0 Å². The lowest BCUT2D eigenvalue weighted by molar-refractivity contribution is 0.926. The minimum atomic E-state index is 1.11. The predicted octanol–water partition coefficient (Wildman–Crippen LogP) is 2.52. The zero-order chi connectivity index (χ0) is 8.39. The molecule has 0 aliphatic rings. The van der Waals surface area contributed by atoms with Gasteiger partial charge in [-0.2, -0.15) is 0 Å². The second-order valence-electron chi connectivity index (χ2n) is 2.96. The molecule has 62 valence electrons. The Morgan fingerprint density at radius 1 is 1.50 bits per heavy atom. The van der Waals surface area contributed by atoms with Crippen molar-refractivity contribution >= 4 is 11.0 Å². The van der Waals surface area contributed by atoms with Gasteiger partial charge in [-0.15, -0.1) is 0 Å². The number of nitrogens with zero attached hydrogens (tertiary/aromatic N) is 1. The highest BCUT2D eigenvalue weighted by Gasteiger charge is 2.01. The molecule has 0 fully saturated rings. The summed E-state index contributed by atoms with van der Waals surface area (Å²) in [6.45, 7) is 2.18. The fourth-order valence-electron chi connectivity index (χ4n) is 1.47. The largest absolute Gasteiger partial charge is 0.360 e. The Morgan fingerprint density at radius 2 is 2.42 bits per heavy atom. The van der Waals surface area contributed by atoms with Crippen LogP contribution in [-0.4, -0.2) is 9.97 Å². The van der Waals surface area contributed by atoms with Crippen molar-refractivity contribution in [3.05, 3.63) is 30.1 Å². The molecule has 0 aliphatic carbocycles. The molecular weight excluding hydrogens is 148 g/mol. The van der Waals surface area contributed by atoms with Crippen LogP contribution in [0, 0.1) is 0 Å². The molecule has 0 unspecified atom stereocenters. The maximum absolute atomic E-state index is 4.33. The van der Waals surface area contributed by atoms with Crippen LogP contribution in [0.15, 0.2) is 24.5 Å². The molecule has 0 saturated carbocycles. The molecule has 0 aromatic carbocycles. The van der Waals surface area contributed by atoms with Crippen molar-refractivity contribution < 1.29 is 0 Å². The zero-order valence-corrected chi connectivity index (χ0v) is 7.17. The lowest BCUT2D eigenvalue weighted by Crippen LogP contribution is -1.81. The summed E-state index contributed by atoms with van der Waals surface area (Å²) in [5, 5.41) is 0. The molecule has 0 radical (unpaired) electrons. The standard InChI is InChI=1S/C10H12N2/c1-2-4-8-7-12-9-5-3-6-11-10(8)9/h3,5-7,12H,2,4H2,1H3. The van der Waals surface area contributed by atoms with E-state index in [-0.39, 0.29) is 0 Å². The van der Waals surface area contributed by atoms with Gasteiger partial charge < -0.3 is 4.98 Å². The van der Waals surface area contributed by atoms with Crippen molar-refractivity contribution in [2.75, 3.05) is 0 Å². The third kappa shape index (κ3) is 1.09. The van der Waals surface area contributed by atoms with Crippen LogP contribution in [0.5, 0.6) is 0 Å². The summed E-state index contributed by atoms with van der Waals surface area (Å²) in [6.07, 6.45) is 6.18. The number of aryl methyl sites for hydroxylation is 1. The smallest absolute Gasteiger partial charge is 0.0910 e. The van der Waals surface area contributed by atoms with Gasteiger partial charge in [-0.05, 0) is 24.1 Å². The van der Waals surface area contributed by atoms with Crippen molar-refractivity contribution in [2.24, 2.45) is 0 Å². The summed E-state index contributed by atoms with van der Waals surface area (Å²) in [6, 6.07) is 4.01. The van der Waals surface area contributed by atoms with Gasteiger partial charge in [0.05, 0.1) is 11.0 Å². The molecule has 0 spiro atoms. The first kappa shape index (κ1) is 7.35. The number of aromatic amines is 1. The first-order valence-electron chi connectivity index (χ1n) is 4.33. The van der Waals surface area contributed by atoms with E-state index in [2.05, 4.69) is 29.2 Å². The predicted molar refractivity (Wildman–Crippen MR) is 50.1 cm³/mol. The topological polar surface area (TPSA) is 28.7 Å². The Kier molecular flexibility index (Phi) is 1.82. The monoisotopic (exact) mass is 160 g/mol. The normalized spacial score (nSPS) is 10.8. The number of aromatic nitrogens is 2. The second-order valence-corrected chi connectivity index (χ2v) is 2.96. The molecule has 12 heavy (non-hydrogen) atoms. The molecule has 0 saturated heterocycles. The number of hydrogen-bond acceptors (Lipinski definition) is 1. The van der Waals surface area contributed by atoms with Gasteiger partial charge in [0.2, 0.25) is 0 Å². The van der Waals surface area contributed by atoms with Crippen LogP contribution in [0.3, 0.4) is 0 Å². The highest BCUT2D eigenvalue weighted by atomic mass is 14.8. The number of fused-ring (bicyclic) bond motifs is 1.